The third kappa shape index (κ3) is 2.20. The van der Waals surface area contributed by atoms with Crippen LogP contribution in [0, 0.1) is 24.7 Å². The summed E-state index contributed by atoms with van der Waals surface area (Å²) in [6, 6.07) is 9.11. The largest absolute Gasteiger partial charge is 0.459 e. The number of hydrogen-bond donors (Lipinski definition) is 1. The molecule has 21 heavy (non-hydrogen) atoms. The molecule has 2 nitrogen and oxygen atoms in total. The minimum absolute atomic E-state index is 0.423. The Morgan fingerprint density at radius 1 is 1.29 bits per heavy atom. The first-order chi connectivity index (χ1) is 10.3. The Hall–Kier alpha value is -1.28. The topological polar surface area (TPSA) is 25.2 Å². The van der Waals surface area contributed by atoms with Crippen molar-refractivity contribution in [2.45, 2.75) is 45.6 Å². The van der Waals surface area contributed by atoms with Gasteiger partial charge in [0.05, 0.1) is 6.04 Å². The lowest BCUT2D eigenvalue weighted by molar-refractivity contribution is 0.359. The lowest BCUT2D eigenvalue weighted by Crippen LogP contribution is -2.25. The van der Waals surface area contributed by atoms with Crippen LogP contribution >= 0.6 is 0 Å². The van der Waals surface area contributed by atoms with E-state index in [0.717, 1.165) is 35.6 Å². The lowest BCUT2D eigenvalue weighted by atomic mass is 10.0. The van der Waals surface area contributed by atoms with Crippen LogP contribution in [0.5, 0.6) is 0 Å². The molecular formula is C19H25NO. The van der Waals surface area contributed by atoms with Gasteiger partial charge in [-0.15, -0.1) is 0 Å². The molecule has 2 heteroatoms. The second-order valence-corrected chi connectivity index (χ2v) is 6.91. The molecule has 3 atom stereocenters. The Morgan fingerprint density at radius 2 is 2.10 bits per heavy atom. The van der Waals surface area contributed by atoms with Crippen molar-refractivity contribution in [2.75, 3.05) is 6.54 Å². The fourth-order valence-corrected chi connectivity index (χ4v) is 4.48. The molecule has 3 unspecified atom stereocenters. The van der Waals surface area contributed by atoms with Crippen LogP contribution in [-0.4, -0.2) is 6.54 Å². The zero-order chi connectivity index (χ0) is 14.4. The van der Waals surface area contributed by atoms with E-state index in [0.29, 0.717) is 6.04 Å². The van der Waals surface area contributed by atoms with E-state index >= 15 is 0 Å². The van der Waals surface area contributed by atoms with Crippen molar-refractivity contribution in [2.24, 2.45) is 17.8 Å². The number of rotatable bonds is 5. The van der Waals surface area contributed by atoms with E-state index in [1.807, 2.05) is 0 Å². The van der Waals surface area contributed by atoms with E-state index < -0.39 is 0 Å². The minimum Gasteiger partial charge on any atom is -0.459 e. The SMILES string of the molecule is CCCNC(c1cc2cccc(C)c2o1)C1C2CCCC21. The molecule has 0 radical (unpaired) electrons. The van der Waals surface area contributed by atoms with Gasteiger partial charge in [0.25, 0.3) is 0 Å². The van der Waals surface area contributed by atoms with Crippen LogP contribution in [0.2, 0.25) is 0 Å². The van der Waals surface area contributed by atoms with Crippen LogP contribution < -0.4 is 5.32 Å². The van der Waals surface area contributed by atoms with Crippen molar-refractivity contribution in [3.8, 4) is 0 Å². The summed E-state index contributed by atoms with van der Waals surface area (Å²) >= 11 is 0. The Morgan fingerprint density at radius 3 is 2.81 bits per heavy atom. The number of para-hydroxylation sites is 1. The first-order valence-electron chi connectivity index (χ1n) is 8.52. The molecule has 2 aromatic rings. The van der Waals surface area contributed by atoms with Gasteiger partial charge >= 0.3 is 0 Å². The Kier molecular flexibility index (Phi) is 3.30. The molecule has 2 saturated carbocycles. The first kappa shape index (κ1) is 13.4. The van der Waals surface area contributed by atoms with Gasteiger partial charge in [-0.3, -0.25) is 0 Å². The number of aryl methyl sites for hydroxylation is 1. The van der Waals surface area contributed by atoms with Crippen LogP contribution in [-0.2, 0) is 0 Å². The van der Waals surface area contributed by atoms with Crippen LogP contribution in [0.4, 0.5) is 0 Å². The minimum atomic E-state index is 0.423. The molecule has 1 N–H and O–H groups in total. The molecule has 0 aliphatic heterocycles. The summed E-state index contributed by atoms with van der Waals surface area (Å²) in [5.74, 6) is 3.88. The van der Waals surface area contributed by atoms with Gasteiger partial charge in [0, 0.05) is 5.39 Å². The maximum absolute atomic E-state index is 6.26. The maximum Gasteiger partial charge on any atom is 0.137 e. The standard InChI is InChI=1S/C19H25NO/c1-3-10-20-18(17-14-8-5-9-15(14)17)16-11-13-7-4-6-12(2)19(13)21-16/h4,6-7,11,14-15,17-18,20H,3,5,8-10H2,1-2H3. The zero-order valence-electron chi connectivity index (χ0n) is 13.1. The van der Waals surface area contributed by atoms with Gasteiger partial charge in [-0.2, -0.15) is 0 Å². The molecule has 1 aromatic heterocycles. The van der Waals surface area contributed by atoms with Gasteiger partial charge in [0.2, 0.25) is 0 Å². The highest BCUT2D eigenvalue weighted by Gasteiger charge is 2.56. The van der Waals surface area contributed by atoms with Gasteiger partial charge in [0.1, 0.15) is 11.3 Å². The van der Waals surface area contributed by atoms with Crippen molar-refractivity contribution in [3.63, 3.8) is 0 Å². The number of furan rings is 1. The summed E-state index contributed by atoms with van der Waals surface area (Å²) in [5, 5.41) is 5.01. The number of hydrogen-bond acceptors (Lipinski definition) is 2. The Bertz CT molecular complexity index is 634. The summed E-state index contributed by atoms with van der Waals surface area (Å²) < 4.78 is 6.26. The second kappa shape index (κ2) is 5.17. The molecule has 0 bridgehead atoms. The van der Waals surface area contributed by atoms with Crippen molar-refractivity contribution < 1.29 is 4.42 Å². The third-order valence-electron chi connectivity index (χ3n) is 5.54. The highest BCUT2D eigenvalue weighted by atomic mass is 16.3. The highest BCUT2D eigenvalue weighted by Crippen LogP contribution is 2.62. The van der Waals surface area contributed by atoms with Gasteiger partial charge in [-0.1, -0.05) is 31.5 Å². The Labute approximate surface area is 126 Å². The predicted octanol–water partition coefficient (Wildman–Crippen LogP) is 4.83. The van der Waals surface area contributed by atoms with Crippen LogP contribution in [0.3, 0.4) is 0 Å². The second-order valence-electron chi connectivity index (χ2n) is 6.91. The summed E-state index contributed by atoms with van der Waals surface area (Å²) in [4.78, 5) is 0. The third-order valence-corrected chi connectivity index (χ3v) is 5.54. The summed E-state index contributed by atoms with van der Waals surface area (Å²) in [6.45, 7) is 5.45. The predicted molar refractivity (Wildman–Crippen MR) is 86.3 cm³/mol. The van der Waals surface area contributed by atoms with Gasteiger partial charge in [-0.25, -0.2) is 0 Å². The quantitative estimate of drug-likeness (QED) is 0.850. The molecule has 2 fully saturated rings. The number of fused-ring (bicyclic) bond motifs is 2. The molecule has 0 saturated heterocycles. The van der Waals surface area contributed by atoms with Crippen LogP contribution in [0.25, 0.3) is 11.0 Å². The molecule has 2 aliphatic carbocycles. The average molecular weight is 283 g/mol. The van der Waals surface area contributed by atoms with Crippen LogP contribution in [0.15, 0.2) is 28.7 Å². The molecule has 112 valence electrons. The fourth-order valence-electron chi connectivity index (χ4n) is 4.48. The fraction of sp³-hybridized carbons (Fsp3) is 0.579. The smallest absolute Gasteiger partial charge is 0.137 e. The van der Waals surface area contributed by atoms with E-state index in [-0.39, 0.29) is 0 Å². The monoisotopic (exact) mass is 283 g/mol. The summed E-state index contributed by atoms with van der Waals surface area (Å²) in [5.41, 5.74) is 2.31. The first-order valence-corrected chi connectivity index (χ1v) is 8.52. The summed E-state index contributed by atoms with van der Waals surface area (Å²) in [6.07, 6.45) is 5.47. The van der Waals surface area contributed by atoms with Crippen molar-refractivity contribution in [1.29, 1.82) is 0 Å². The number of benzene rings is 1. The zero-order valence-corrected chi connectivity index (χ0v) is 13.1. The summed E-state index contributed by atoms with van der Waals surface area (Å²) in [7, 11) is 0. The molecular weight excluding hydrogens is 258 g/mol. The molecule has 0 amide bonds. The van der Waals surface area contributed by atoms with Gasteiger partial charge in [-0.05, 0) is 62.1 Å². The molecule has 0 spiro atoms. The van der Waals surface area contributed by atoms with Gasteiger partial charge < -0.3 is 9.73 Å². The van der Waals surface area contributed by atoms with E-state index in [1.165, 1.54) is 36.6 Å². The van der Waals surface area contributed by atoms with Gasteiger partial charge in [0.15, 0.2) is 0 Å². The maximum atomic E-state index is 6.26. The van der Waals surface area contributed by atoms with E-state index in [9.17, 15) is 0 Å². The van der Waals surface area contributed by atoms with Crippen molar-refractivity contribution in [1.82, 2.24) is 5.32 Å². The number of nitrogens with one attached hydrogen (secondary N) is 1. The molecule has 1 aromatic carbocycles. The van der Waals surface area contributed by atoms with E-state index in [2.05, 4.69) is 43.4 Å². The van der Waals surface area contributed by atoms with E-state index in [4.69, 9.17) is 4.42 Å². The Balaban J connectivity index is 1.66. The normalized spacial score (nSPS) is 28.8. The van der Waals surface area contributed by atoms with Crippen LogP contribution in [0.1, 0.15) is 50.0 Å². The average Bonchev–Trinajstić information content (AvgIpc) is 2.87. The molecule has 2 aliphatic rings. The van der Waals surface area contributed by atoms with Crippen molar-refractivity contribution >= 4 is 11.0 Å². The lowest BCUT2D eigenvalue weighted by Gasteiger charge is -2.18. The molecule has 4 rings (SSSR count). The molecule has 1 heterocycles. The highest BCUT2D eigenvalue weighted by molar-refractivity contribution is 5.81. The van der Waals surface area contributed by atoms with Crippen molar-refractivity contribution in [3.05, 3.63) is 35.6 Å². The van der Waals surface area contributed by atoms with E-state index in [1.54, 1.807) is 0 Å².